The van der Waals surface area contributed by atoms with Gasteiger partial charge in [0, 0.05) is 13.1 Å². The summed E-state index contributed by atoms with van der Waals surface area (Å²) in [5.41, 5.74) is 0.508. The Morgan fingerprint density at radius 1 is 1.32 bits per heavy atom. The van der Waals surface area contributed by atoms with Crippen LogP contribution in [0.4, 0.5) is 5.95 Å². The van der Waals surface area contributed by atoms with Crippen molar-refractivity contribution in [3.63, 3.8) is 0 Å². The van der Waals surface area contributed by atoms with E-state index in [4.69, 9.17) is 4.52 Å². The third-order valence-corrected chi connectivity index (χ3v) is 3.64. The summed E-state index contributed by atoms with van der Waals surface area (Å²) >= 11 is 0. The van der Waals surface area contributed by atoms with Gasteiger partial charge in [0.05, 0.1) is 24.6 Å². The summed E-state index contributed by atoms with van der Waals surface area (Å²) in [5, 5.41) is 6.40. The van der Waals surface area contributed by atoms with Crippen LogP contribution in [0.2, 0.25) is 0 Å². The third-order valence-electron chi connectivity index (χ3n) is 2.28. The molecule has 2 rings (SSSR count). The van der Waals surface area contributed by atoms with E-state index in [-0.39, 0.29) is 11.4 Å². The monoisotopic (exact) mass is 283 g/mol. The third kappa shape index (κ3) is 3.26. The van der Waals surface area contributed by atoms with E-state index >= 15 is 0 Å². The van der Waals surface area contributed by atoms with Crippen molar-refractivity contribution in [2.75, 3.05) is 12.4 Å². The number of nitrogens with zero attached hydrogens (tertiary/aromatic N) is 3. The molecule has 8 nitrogen and oxygen atoms in total. The average molecular weight is 283 g/mol. The molecule has 102 valence electrons. The number of hydrogen-bond acceptors (Lipinski definition) is 7. The van der Waals surface area contributed by atoms with E-state index in [0.717, 1.165) is 0 Å². The second-order valence-electron chi connectivity index (χ2n) is 3.75. The molecule has 0 aromatic carbocycles. The fourth-order valence-corrected chi connectivity index (χ4v) is 2.23. The van der Waals surface area contributed by atoms with Crippen LogP contribution >= 0.6 is 0 Å². The Morgan fingerprint density at radius 2 is 2.00 bits per heavy atom. The highest BCUT2D eigenvalue weighted by molar-refractivity contribution is 7.89. The van der Waals surface area contributed by atoms with Crippen molar-refractivity contribution < 1.29 is 12.9 Å². The number of nitrogens with one attached hydrogen (secondary N) is 2. The molecule has 2 heterocycles. The Bertz CT molecular complexity index is 650. The first kappa shape index (κ1) is 13.4. The molecule has 0 fully saturated rings. The van der Waals surface area contributed by atoms with Crippen LogP contribution in [0.1, 0.15) is 11.5 Å². The lowest BCUT2D eigenvalue weighted by Gasteiger charge is -2.04. The maximum absolute atomic E-state index is 11.9. The molecule has 19 heavy (non-hydrogen) atoms. The normalized spacial score (nSPS) is 11.5. The second kappa shape index (κ2) is 5.33. The standard InChI is InChI=1S/C10H13N5O3S/c1-7-3-8(15-18-7)4-14-19(16,17)9-5-12-10(11-2)13-6-9/h3,5-6,14H,4H2,1-2H3,(H,11,12,13). The van der Waals surface area contributed by atoms with Gasteiger partial charge in [0.1, 0.15) is 10.7 Å². The van der Waals surface area contributed by atoms with Gasteiger partial charge in [0.2, 0.25) is 16.0 Å². The molecule has 0 atom stereocenters. The quantitative estimate of drug-likeness (QED) is 0.811. The molecule has 2 N–H and O–H groups in total. The molecule has 2 aromatic heterocycles. The van der Waals surface area contributed by atoms with Crippen molar-refractivity contribution in [3.05, 3.63) is 29.9 Å². The van der Waals surface area contributed by atoms with Crippen LogP contribution < -0.4 is 10.0 Å². The molecule has 2 aromatic rings. The summed E-state index contributed by atoms with van der Waals surface area (Å²) in [7, 11) is -2.01. The highest BCUT2D eigenvalue weighted by Crippen LogP contribution is 2.08. The number of aromatic nitrogens is 3. The zero-order chi connectivity index (χ0) is 13.9. The van der Waals surface area contributed by atoms with Crippen molar-refractivity contribution in [3.8, 4) is 0 Å². The van der Waals surface area contributed by atoms with Crippen molar-refractivity contribution in [1.29, 1.82) is 0 Å². The lowest BCUT2D eigenvalue weighted by atomic mass is 10.4. The molecule has 0 spiro atoms. The van der Waals surface area contributed by atoms with Crippen LogP contribution in [-0.2, 0) is 16.6 Å². The number of anilines is 1. The van der Waals surface area contributed by atoms with Crippen LogP contribution in [0.3, 0.4) is 0 Å². The van der Waals surface area contributed by atoms with Gasteiger partial charge in [0.15, 0.2) is 0 Å². The van der Waals surface area contributed by atoms with Crippen LogP contribution in [0, 0.1) is 6.92 Å². The predicted octanol–water partition coefficient (Wildman–Crippen LogP) is 0.293. The molecular formula is C10H13N5O3S. The van der Waals surface area contributed by atoms with Gasteiger partial charge in [-0.1, -0.05) is 5.16 Å². The summed E-state index contributed by atoms with van der Waals surface area (Å²) in [6.07, 6.45) is 2.46. The van der Waals surface area contributed by atoms with Gasteiger partial charge in [-0.2, -0.15) is 0 Å². The maximum atomic E-state index is 11.9. The Morgan fingerprint density at radius 3 is 2.53 bits per heavy atom. The zero-order valence-electron chi connectivity index (χ0n) is 10.4. The summed E-state index contributed by atoms with van der Waals surface area (Å²) in [6, 6.07) is 1.66. The van der Waals surface area contributed by atoms with Gasteiger partial charge in [-0.25, -0.2) is 23.1 Å². The molecule has 0 aliphatic rings. The molecule has 0 aliphatic carbocycles. The molecule has 0 aliphatic heterocycles. The van der Waals surface area contributed by atoms with Gasteiger partial charge >= 0.3 is 0 Å². The summed E-state index contributed by atoms with van der Waals surface area (Å²) in [4.78, 5) is 7.69. The van der Waals surface area contributed by atoms with Gasteiger partial charge < -0.3 is 9.84 Å². The fraction of sp³-hybridized carbons (Fsp3) is 0.300. The Balaban J connectivity index is 2.09. The zero-order valence-corrected chi connectivity index (χ0v) is 11.2. The van der Waals surface area contributed by atoms with Gasteiger partial charge in [0.25, 0.3) is 0 Å². The molecule has 0 bridgehead atoms. The minimum absolute atomic E-state index is 0.00767. The molecule has 0 radical (unpaired) electrons. The SMILES string of the molecule is CNc1ncc(S(=O)(=O)NCc2cc(C)on2)cn1. The Hall–Kier alpha value is -2.00. The predicted molar refractivity (Wildman–Crippen MR) is 66.8 cm³/mol. The van der Waals surface area contributed by atoms with E-state index < -0.39 is 10.0 Å². The van der Waals surface area contributed by atoms with Gasteiger partial charge in [-0.3, -0.25) is 0 Å². The van der Waals surface area contributed by atoms with Crippen molar-refractivity contribution in [2.45, 2.75) is 18.4 Å². The number of aryl methyl sites for hydroxylation is 1. The topological polar surface area (TPSA) is 110 Å². The number of sulfonamides is 1. The van der Waals surface area contributed by atoms with Crippen LogP contribution in [-0.4, -0.2) is 30.6 Å². The molecule has 0 amide bonds. The first-order valence-electron chi connectivity index (χ1n) is 5.43. The van der Waals surface area contributed by atoms with Gasteiger partial charge in [-0.05, 0) is 6.92 Å². The van der Waals surface area contributed by atoms with E-state index in [1.807, 2.05) is 0 Å². The summed E-state index contributed by atoms with van der Waals surface area (Å²) in [5.74, 6) is 0.974. The molecular weight excluding hydrogens is 270 g/mol. The fourth-order valence-electron chi connectivity index (χ4n) is 1.34. The minimum atomic E-state index is -3.66. The first-order chi connectivity index (χ1) is 9.01. The lowest BCUT2D eigenvalue weighted by Crippen LogP contribution is -2.23. The highest BCUT2D eigenvalue weighted by atomic mass is 32.2. The Labute approximate surface area is 110 Å². The number of hydrogen-bond donors (Lipinski definition) is 2. The first-order valence-corrected chi connectivity index (χ1v) is 6.91. The van der Waals surface area contributed by atoms with Gasteiger partial charge in [-0.15, -0.1) is 0 Å². The summed E-state index contributed by atoms with van der Waals surface area (Å²) < 4.78 is 31.1. The van der Waals surface area contributed by atoms with E-state index in [2.05, 4.69) is 25.2 Å². The number of rotatable bonds is 5. The van der Waals surface area contributed by atoms with E-state index in [1.165, 1.54) is 12.4 Å². The van der Waals surface area contributed by atoms with E-state index in [0.29, 0.717) is 17.4 Å². The van der Waals surface area contributed by atoms with Crippen molar-refractivity contribution in [2.24, 2.45) is 0 Å². The van der Waals surface area contributed by atoms with Crippen molar-refractivity contribution in [1.82, 2.24) is 19.8 Å². The average Bonchev–Trinajstić information content (AvgIpc) is 2.82. The second-order valence-corrected chi connectivity index (χ2v) is 5.51. The van der Waals surface area contributed by atoms with E-state index in [1.54, 1.807) is 20.0 Å². The summed E-state index contributed by atoms with van der Waals surface area (Å²) in [6.45, 7) is 1.78. The van der Waals surface area contributed by atoms with Crippen molar-refractivity contribution >= 4 is 16.0 Å². The smallest absolute Gasteiger partial charge is 0.244 e. The lowest BCUT2D eigenvalue weighted by molar-refractivity contribution is 0.390. The minimum Gasteiger partial charge on any atom is -0.361 e. The molecule has 0 unspecified atom stereocenters. The van der Waals surface area contributed by atoms with Crippen LogP contribution in [0.5, 0.6) is 0 Å². The molecule has 9 heteroatoms. The highest BCUT2D eigenvalue weighted by Gasteiger charge is 2.15. The largest absolute Gasteiger partial charge is 0.361 e. The Kier molecular flexibility index (Phi) is 3.76. The molecule has 0 saturated carbocycles. The van der Waals surface area contributed by atoms with Crippen LogP contribution in [0.15, 0.2) is 27.9 Å². The van der Waals surface area contributed by atoms with E-state index in [9.17, 15) is 8.42 Å². The van der Waals surface area contributed by atoms with Crippen LogP contribution in [0.25, 0.3) is 0 Å². The molecule has 0 saturated heterocycles. The maximum Gasteiger partial charge on any atom is 0.244 e.